The summed E-state index contributed by atoms with van der Waals surface area (Å²) in [6, 6.07) is 11.3. The first kappa shape index (κ1) is 15.5. The highest BCUT2D eigenvalue weighted by atomic mass is 32.1. The summed E-state index contributed by atoms with van der Waals surface area (Å²) in [5.74, 6) is -1.20. The largest absolute Gasteiger partial charge is 0.477 e. The number of carbonyl (C=O) groups excluding carboxylic acids is 1. The normalized spacial score (nSPS) is 17.0. The summed E-state index contributed by atoms with van der Waals surface area (Å²) in [5.41, 5.74) is 1.34. The lowest BCUT2D eigenvalue weighted by Gasteiger charge is -2.16. The Bertz CT molecular complexity index is 749. The van der Waals surface area contributed by atoms with Crippen molar-refractivity contribution in [3.63, 3.8) is 0 Å². The van der Waals surface area contributed by atoms with E-state index >= 15 is 0 Å². The monoisotopic (exact) mass is 327 g/mol. The van der Waals surface area contributed by atoms with Crippen molar-refractivity contribution in [1.82, 2.24) is 0 Å². The minimum Gasteiger partial charge on any atom is -0.477 e. The fourth-order valence-electron chi connectivity index (χ4n) is 2.65. The van der Waals surface area contributed by atoms with Gasteiger partial charge in [-0.15, -0.1) is 11.3 Å². The molecule has 0 radical (unpaired) electrons. The smallest absolute Gasteiger partial charge is 0.348 e. The molecule has 118 valence electrons. The fourth-order valence-corrected chi connectivity index (χ4v) is 3.61. The molecule has 1 aromatic heterocycles. The van der Waals surface area contributed by atoms with Crippen LogP contribution in [0.15, 0.2) is 48.6 Å². The van der Waals surface area contributed by atoms with Gasteiger partial charge in [0.15, 0.2) is 0 Å². The van der Waals surface area contributed by atoms with Gasteiger partial charge in [0.2, 0.25) is 5.91 Å². The number of amides is 1. The van der Waals surface area contributed by atoms with Gasteiger partial charge in [-0.2, -0.15) is 0 Å². The highest BCUT2D eigenvalue weighted by Crippen LogP contribution is 2.35. The van der Waals surface area contributed by atoms with Gasteiger partial charge in [-0.3, -0.25) is 4.79 Å². The number of thiophene rings is 1. The van der Waals surface area contributed by atoms with Crippen molar-refractivity contribution >= 4 is 28.9 Å². The van der Waals surface area contributed by atoms with E-state index in [9.17, 15) is 14.7 Å². The molecule has 0 aliphatic heterocycles. The predicted octanol–water partition coefficient (Wildman–Crippen LogP) is 4.41. The van der Waals surface area contributed by atoms with Crippen LogP contribution in [0.2, 0.25) is 0 Å². The second-order valence-electron chi connectivity index (χ2n) is 5.50. The van der Waals surface area contributed by atoms with Gasteiger partial charge in [-0.05, 0) is 30.9 Å². The number of rotatable bonds is 4. The number of hydrogen-bond donors (Lipinski definition) is 2. The number of allylic oxidation sites excluding steroid dienone is 2. The van der Waals surface area contributed by atoms with E-state index in [1.807, 2.05) is 36.4 Å². The lowest BCUT2D eigenvalue weighted by Crippen LogP contribution is -2.24. The minimum absolute atomic E-state index is 0.0817. The van der Waals surface area contributed by atoms with Gasteiger partial charge in [0, 0.05) is 10.8 Å². The van der Waals surface area contributed by atoms with Crippen LogP contribution in [0.25, 0.3) is 10.4 Å². The van der Waals surface area contributed by atoms with E-state index in [0.29, 0.717) is 12.1 Å². The van der Waals surface area contributed by atoms with Crippen LogP contribution in [-0.4, -0.2) is 17.0 Å². The molecule has 0 spiro atoms. The summed E-state index contributed by atoms with van der Waals surface area (Å²) in [6.45, 7) is 0. The zero-order valence-corrected chi connectivity index (χ0v) is 13.3. The van der Waals surface area contributed by atoms with E-state index in [0.717, 1.165) is 23.3 Å². The molecule has 0 saturated heterocycles. The van der Waals surface area contributed by atoms with Crippen LogP contribution in [0.5, 0.6) is 0 Å². The molecule has 1 heterocycles. The fraction of sp³-hybridized carbons (Fsp3) is 0.222. The third-order valence-corrected chi connectivity index (χ3v) is 5.05. The summed E-state index contributed by atoms with van der Waals surface area (Å²) in [6.07, 6.45) is 6.49. The standard InChI is InChI=1S/C18H17NO3S/c20-17(13-9-5-2-6-10-13)19-14-11-15(23-16(14)18(21)22)12-7-3-1-4-8-12/h1-5,7-8,11,13H,6,9-10H2,(H,19,20)(H,21,22)/t13-/m0/s1. The number of carboxylic acids is 1. The van der Waals surface area contributed by atoms with Crippen molar-refractivity contribution in [1.29, 1.82) is 0 Å². The van der Waals surface area contributed by atoms with Crippen LogP contribution < -0.4 is 5.32 Å². The Morgan fingerprint density at radius 2 is 1.96 bits per heavy atom. The molecule has 1 aromatic carbocycles. The third kappa shape index (κ3) is 3.51. The van der Waals surface area contributed by atoms with E-state index in [4.69, 9.17) is 0 Å². The van der Waals surface area contributed by atoms with Gasteiger partial charge < -0.3 is 10.4 Å². The van der Waals surface area contributed by atoms with Crippen molar-refractivity contribution in [2.75, 3.05) is 5.32 Å². The summed E-state index contributed by atoms with van der Waals surface area (Å²) in [5, 5.41) is 12.2. The summed E-state index contributed by atoms with van der Waals surface area (Å²) < 4.78 is 0. The van der Waals surface area contributed by atoms with Crippen LogP contribution in [-0.2, 0) is 4.79 Å². The van der Waals surface area contributed by atoms with E-state index < -0.39 is 5.97 Å². The highest BCUT2D eigenvalue weighted by Gasteiger charge is 2.23. The van der Waals surface area contributed by atoms with Gasteiger partial charge >= 0.3 is 5.97 Å². The van der Waals surface area contributed by atoms with Crippen LogP contribution in [0.4, 0.5) is 5.69 Å². The molecule has 0 saturated carbocycles. The van der Waals surface area contributed by atoms with E-state index in [2.05, 4.69) is 11.4 Å². The lowest BCUT2D eigenvalue weighted by molar-refractivity contribution is -0.120. The molecule has 0 unspecified atom stereocenters. The minimum atomic E-state index is -1.02. The maximum absolute atomic E-state index is 12.4. The van der Waals surface area contributed by atoms with Crippen molar-refractivity contribution in [2.24, 2.45) is 5.92 Å². The Balaban J connectivity index is 1.86. The zero-order chi connectivity index (χ0) is 16.2. The van der Waals surface area contributed by atoms with Crippen molar-refractivity contribution in [3.8, 4) is 10.4 Å². The van der Waals surface area contributed by atoms with Crippen LogP contribution in [0, 0.1) is 5.92 Å². The van der Waals surface area contributed by atoms with Gasteiger partial charge in [0.05, 0.1) is 5.69 Å². The molecule has 5 heteroatoms. The number of carbonyl (C=O) groups is 2. The molecule has 23 heavy (non-hydrogen) atoms. The third-order valence-electron chi connectivity index (χ3n) is 3.88. The SMILES string of the molecule is O=C(O)c1sc(-c2ccccc2)cc1NC(=O)[C@H]1CC=CCC1. The number of anilines is 1. The van der Waals surface area contributed by atoms with Gasteiger partial charge in [0.1, 0.15) is 4.88 Å². The van der Waals surface area contributed by atoms with Crippen molar-refractivity contribution in [2.45, 2.75) is 19.3 Å². The number of nitrogens with one attached hydrogen (secondary N) is 1. The van der Waals surface area contributed by atoms with Crippen LogP contribution in [0.3, 0.4) is 0 Å². The zero-order valence-electron chi connectivity index (χ0n) is 12.5. The van der Waals surface area contributed by atoms with Crippen molar-refractivity contribution in [3.05, 3.63) is 53.4 Å². The molecule has 1 aliphatic rings. The molecule has 1 amide bonds. The Morgan fingerprint density at radius 3 is 2.61 bits per heavy atom. The first-order chi connectivity index (χ1) is 11.1. The summed E-state index contributed by atoms with van der Waals surface area (Å²) in [4.78, 5) is 24.8. The second kappa shape index (κ2) is 6.79. The molecule has 0 bridgehead atoms. The molecule has 2 aromatic rings. The van der Waals surface area contributed by atoms with Gasteiger partial charge in [0.25, 0.3) is 0 Å². The van der Waals surface area contributed by atoms with Crippen LogP contribution in [0.1, 0.15) is 28.9 Å². The highest BCUT2D eigenvalue weighted by molar-refractivity contribution is 7.18. The molecule has 1 atom stereocenters. The second-order valence-corrected chi connectivity index (χ2v) is 6.55. The molecule has 1 aliphatic carbocycles. The lowest BCUT2D eigenvalue weighted by atomic mass is 9.93. The average molecular weight is 327 g/mol. The van der Waals surface area contributed by atoms with Crippen LogP contribution >= 0.6 is 11.3 Å². The van der Waals surface area contributed by atoms with E-state index in [-0.39, 0.29) is 16.7 Å². The summed E-state index contributed by atoms with van der Waals surface area (Å²) >= 11 is 1.18. The predicted molar refractivity (Wildman–Crippen MR) is 91.8 cm³/mol. The Labute approximate surface area is 138 Å². The molecular weight excluding hydrogens is 310 g/mol. The number of carboxylic acid groups (broad SMARTS) is 1. The first-order valence-corrected chi connectivity index (χ1v) is 8.35. The molecule has 4 nitrogen and oxygen atoms in total. The molecule has 3 rings (SSSR count). The topological polar surface area (TPSA) is 66.4 Å². The maximum atomic E-state index is 12.4. The maximum Gasteiger partial charge on any atom is 0.348 e. The number of aromatic carboxylic acids is 1. The van der Waals surface area contributed by atoms with Crippen molar-refractivity contribution < 1.29 is 14.7 Å². The molecular formula is C18H17NO3S. The number of hydrogen-bond acceptors (Lipinski definition) is 3. The molecule has 2 N–H and O–H groups in total. The Hall–Kier alpha value is -2.40. The quantitative estimate of drug-likeness (QED) is 0.818. The average Bonchev–Trinajstić information content (AvgIpc) is 3.00. The van der Waals surface area contributed by atoms with Gasteiger partial charge in [-0.1, -0.05) is 42.5 Å². The van der Waals surface area contributed by atoms with Gasteiger partial charge in [-0.25, -0.2) is 4.79 Å². The Kier molecular flexibility index (Phi) is 4.57. The summed E-state index contributed by atoms with van der Waals surface area (Å²) in [7, 11) is 0. The number of benzene rings is 1. The van der Waals surface area contributed by atoms with E-state index in [1.54, 1.807) is 6.07 Å². The molecule has 0 fully saturated rings. The first-order valence-electron chi connectivity index (χ1n) is 7.53. The van der Waals surface area contributed by atoms with E-state index in [1.165, 1.54) is 11.3 Å². The Morgan fingerprint density at radius 1 is 1.17 bits per heavy atom.